The molecule has 0 spiro atoms. The van der Waals surface area contributed by atoms with Crippen molar-refractivity contribution < 1.29 is 4.74 Å². The topological polar surface area (TPSA) is 59.1 Å². The predicted octanol–water partition coefficient (Wildman–Crippen LogP) is 3.50. The van der Waals surface area contributed by atoms with Crippen LogP contribution in [0.4, 0.5) is 0 Å². The zero-order valence-corrected chi connectivity index (χ0v) is 11.7. The Morgan fingerprint density at radius 3 is 2.45 bits per heavy atom. The average Bonchev–Trinajstić information content (AvgIpc) is 2.47. The van der Waals surface area contributed by atoms with Crippen molar-refractivity contribution in [2.24, 2.45) is 5.73 Å². The molecule has 104 valence electrons. The van der Waals surface area contributed by atoms with Gasteiger partial charge in [0.15, 0.2) is 0 Å². The number of hydrogen-bond donors (Lipinski definition) is 2. The van der Waals surface area contributed by atoms with Gasteiger partial charge in [-0.1, -0.05) is 49.7 Å². The van der Waals surface area contributed by atoms with E-state index >= 15 is 0 Å². The molecule has 0 fully saturated rings. The molecule has 2 rings (SSSR count). The number of rotatable bonds is 6. The maximum Gasteiger partial charge on any atom is 0.123 e. The van der Waals surface area contributed by atoms with E-state index in [-0.39, 0.29) is 5.84 Å². The van der Waals surface area contributed by atoms with Gasteiger partial charge in [0.2, 0.25) is 0 Å². The Bertz CT molecular complexity index is 576. The second kappa shape index (κ2) is 6.75. The van der Waals surface area contributed by atoms with Crippen molar-refractivity contribution in [1.29, 1.82) is 5.41 Å². The molecule has 0 saturated heterocycles. The fraction of sp³-hybridized carbons (Fsp3) is 0.235. The Hall–Kier alpha value is -2.29. The molecule has 0 aliphatic carbocycles. The smallest absolute Gasteiger partial charge is 0.123 e. The Labute approximate surface area is 119 Å². The van der Waals surface area contributed by atoms with E-state index < -0.39 is 0 Å². The highest BCUT2D eigenvalue weighted by molar-refractivity contribution is 5.96. The van der Waals surface area contributed by atoms with Crippen LogP contribution < -0.4 is 10.5 Å². The van der Waals surface area contributed by atoms with Gasteiger partial charge in [-0.25, -0.2) is 0 Å². The van der Waals surface area contributed by atoms with Crippen LogP contribution in [0.15, 0.2) is 48.5 Å². The number of aryl methyl sites for hydroxylation is 1. The first-order valence-corrected chi connectivity index (χ1v) is 6.84. The van der Waals surface area contributed by atoms with Crippen molar-refractivity contribution in [3.05, 3.63) is 65.2 Å². The number of ether oxygens (including phenoxy) is 1. The SMILES string of the molecule is CCCc1ccc(OCc2ccccc2C(=N)N)cc1. The highest BCUT2D eigenvalue weighted by Gasteiger charge is 2.05. The van der Waals surface area contributed by atoms with Gasteiger partial charge in [0.1, 0.15) is 18.2 Å². The summed E-state index contributed by atoms with van der Waals surface area (Å²) in [5.74, 6) is 0.908. The molecule has 0 aliphatic heterocycles. The van der Waals surface area contributed by atoms with Gasteiger partial charge in [-0.2, -0.15) is 0 Å². The van der Waals surface area contributed by atoms with E-state index in [1.165, 1.54) is 5.56 Å². The number of nitrogens with two attached hydrogens (primary N) is 1. The van der Waals surface area contributed by atoms with E-state index in [1.807, 2.05) is 36.4 Å². The molecular formula is C17H20N2O. The molecule has 2 aromatic rings. The van der Waals surface area contributed by atoms with Gasteiger partial charge >= 0.3 is 0 Å². The minimum absolute atomic E-state index is 0.0718. The third-order valence-electron chi connectivity index (χ3n) is 3.16. The molecule has 0 unspecified atom stereocenters. The van der Waals surface area contributed by atoms with Gasteiger partial charge in [-0.05, 0) is 24.1 Å². The van der Waals surface area contributed by atoms with Crippen molar-refractivity contribution in [3.8, 4) is 5.75 Å². The number of amidine groups is 1. The van der Waals surface area contributed by atoms with Crippen molar-refractivity contribution in [1.82, 2.24) is 0 Å². The largest absolute Gasteiger partial charge is 0.489 e. The predicted molar refractivity (Wildman–Crippen MR) is 82.2 cm³/mol. The van der Waals surface area contributed by atoms with Gasteiger partial charge in [0, 0.05) is 11.1 Å². The van der Waals surface area contributed by atoms with Gasteiger partial charge < -0.3 is 10.5 Å². The molecule has 0 saturated carbocycles. The average molecular weight is 268 g/mol. The van der Waals surface area contributed by atoms with Crippen molar-refractivity contribution in [2.45, 2.75) is 26.4 Å². The fourth-order valence-corrected chi connectivity index (χ4v) is 2.11. The summed E-state index contributed by atoms with van der Waals surface area (Å²) in [6.07, 6.45) is 2.24. The molecule has 2 aromatic carbocycles. The monoisotopic (exact) mass is 268 g/mol. The molecule has 0 heterocycles. The minimum atomic E-state index is 0.0718. The van der Waals surface area contributed by atoms with E-state index in [1.54, 1.807) is 0 Å². The maximum atomic E-state index is 7.56. The summed E-state index contributed by atoms with van der Waals surface area (Å²) < 4.78 is 5.76. The standard InChI is InChI=1S/C17H20N2O/c1-2-5-13-8-10-15(11-9-13)20-12-14-6-3-4-7-16(14)17(18)19/h3-4,6-11H,2,5,12H2,1H3,(H3,18,19). The summed E-state index contributed by atoms with van der Waals surface area (Å²) in [6, 6.07) is 15.7. The van der Waals surface area contributed by atoms with Crippen molar-refractivity contribution >= 4 is 5.84 Å². The lowest BCUT2D eigenvalue weighted by Gasteiger charge is -2.10. The lowest BCUT2D eigenvalue weighted by Crippen LogP contribution is -2.14. The summed E-state index contributed by atoms with van der Waals surface area (Å²) >= 11 is 0. The Balaban J connectivity index is 2.03. The normalized spacial score (nSPS) is 10.2. The van der Waals surface area contributed by atoms with Crippen LogP contribution >= 0.6 is 0 Å². The summed E-state index contributed by atoms with van der Waals surface area (Å²) in [7, 11) is 0. The first-order chi connectivity index (χ1) is 9.70. The second-order valence-corrected chi connectivity index (χ2v) is 4.75. The first kappa shape index (κ1) is 14.1. The second-order valence-electron chi connectivity index (χ2n) is 4.75. The quantitative estimate of drug-likeness (QED) is 0.622. The Kier molecular flexibility index (Phi) is 4.77. The van der Waals surface area contributed by atoms with E-state index in [4.69, 9.17) is 15.9 Å². The molecule has 0 bridgehead atoms. The van der Waals surface area contributed by atoms with Gasteiger partial charge in [0.25, 0.3) is 0 Å². The van der Waals surface area contributed by atoms with Gasteiger partial charge in [-0.3, -0.25) is 5.41 Å². The lowest BCUT2D eigenvalue weighted by atomic mass is 10.1. The van der Waals surface area contributed by atoms with Crippen LogP contribution in [0, 0.1) is 5.41 Å². The van der Waals surface area contributed by atoms with E-state index in [0.29, 0.717) is 6.61 Å². The van der Waals surface area contributed by atoms with E-state index in [0.717, 1.165) is 29.7 Å². The van der Waals surface area contributed by atoms with Gasteiger partial charge in [0.05, 0.1) is 0 Å². The molecule has 0 aromatic heterocycles. The molecule has 0 radical (unpaired) electrons. The minimum Gasteiger partial charge on any atom is -0.489 e. The highest BCUT2D eigenvalue weighted by Crippen LogP contribution is 2.16. The molecule has 3 nitrogen and oxygen atoms in total. The number of hydrogen-bond acceptors (Lipinski definition) is 2. The summed E-state index contributed by atoms with van der Waals surface area (Å²) in [4.78, 5) is 0. The lowest BCUT2D eigenvalue weighted by molar-refractivity contribution is 0.306. The Morgan fingerprint density at radius 2 is 1.80 bits per heavy atom. The van der Waals surface area contributed by atoms with Crippen LogP contribution in [0.3, 0.4) is 0 Å². The molecule has 0 amide bonds. The van der Waals surface area contributed by atoms with Gasteiger partial charge in [-0.15, -0.1) is 0 Å². The molecule has 3 N–H and O–H groups in total. The number of benzene rings is 2. The Morgan fingerprint density at radius 1 is 1.10 bits per heavy atom. The van der Waals surface area contributed by atoms with Crippen LogP contribution in [-0.4, -0.2) is 5.84 Å². The number of nitrogens with one attached hydrogen (secondary N) is 1. The third-order valence-corrected chi connectivity index (χ3v) is 3.16. The van der Waals surface area contributed by atoms with Crippen LogP contribution in [0.1, 0.15) is 30.0 Å². The van der Waals surface area contributed by atoms with E-state index in [9.17, 15) is 0 Å². The summed E-state index contributed by atoms with van der Waals surface area (Å²) in [6.45, 7) is 2.59. The highest BCUT2D eigenvalue weighted by atomic mass is 16.5. The van der Waals surface area contributed by atoms with Crippen LogP contribution in [0.2, 0.25) is 0 Å². The summed E-state index contributed by atoms with van der Waals surface area (Å²) in [5.41, 5.74) is 8.55. The van der Waals surface area contributed by atoms with Crippen molar-refractivity contribution in [3.63, 3.8) is 0 Å². The van der Waals surface area contributed by atoms with E-state index in [2.05, 4.69) is 19.1 Å². The summed E-state index contributed by atoms with van der Waals surface area (Å²) in [5, 5.41) is 7.56. The van der Waals surface area contributed by atoms with Crippen LogP contribution in [0.5, 0.6) is 5.75 Å². The third kappa shape index (κ3) is 3.60. The molecule has 3 heteroatoms. The first-order valence-electron chi connectivity index (χ1n) is 6.84. The van der Waals surface area contributed by atoms with Crippen LogP contribution in [0.25, 0.3) is 0 Å². The van der Waals surface area contributed by atoms with Crippen LogP contribution in [-0.2, 0) is 13.0 Å². The number of nitrogen functional groups attached to an aromatic ring is 1. The zero-order valence-electron chi connectivity index (χ0n) is 11.7. The molecular weight excluding hydrogens is 248 g/mol. The molecule has 0 atom stereocenters. The van der Waals surface area contributed by atoms with Crippen molar-refractivity contribution in [2.75, 3.05) is 0 Å². The zero-order chi connectivity index (χ0) is 14.4. The maximum absolute atomic E-state index is 7.56. The molecule has 0 aliphatic rings. The fourth-order valence-electron chi connectivity index (χ4n) is 2.11. The molecule has 20 heavy (non-hydrogen) atoms.